The zero-order valence-electron chi connectivity index (χ0n) is 11.3. The highest BCUT2D eigenvalue weighted by Crippen LogP contribution is 2.28. The van der Waals surface area contributed by atoms with Gasteiger partial charge in [-0.05, 0) is 37.5 Å². The molecule has 1 aliphatic heterocycles. The summed E-state index contributed by atoms with van der Waals surface area (Å²) in [6.07, 6.45) is 2.31. The number of likely N-dealkylation sites (tertiary alicyclic amines) is 1. The van der Waals surface area contributed by atoms with Crippen LogP contribution in [-0.4, -0.2) is 41.5 Å². The highest BCUT2D eigenvalue weighted by Gasteiger charge is 2.31. The second kappa shape index (κ2) is 5.81. The molecule has 6 nitrogen and oxygen atoms in total. The maximum absolute atomic E-state index is 12.4. The number of hydrogen-bond donors (Lipinski definition) is 2. The Labute approximate surface area is 117 Å². The fourth-order valence-electron chi connectivity index (χ4n) is 2.46. The van der Waals surface area contributed by atoms with Gasteiger partial charge >= 0.3 is 0 Å². The van der Waals surface area contributed by atoms with Gasteiger partial charge < -0.3 is 20.5 Å². The van der Waals surface area contributed by atoms with Crippen LogP contribution in [0, 0.1) is 0 Å². The van der Waals surface area contributed by atoms with Gasteiger partial charge in [0.15, 0.2) is 11.5 Å². The van der Waals surface area contributed by atoms with E-state index in [1.165, 1.54) is 24.1 Å². The number of amides is 2. The number of aromatic hydroxyl groups is 1. The Morgan fingerprint density at radius 1 is 1.40 bits per heavy atom. The first kappa shape index (κ1) is 14.2. The van der Waals surface area contributed by atoms with Gasteiger partial charge in [0.2, 0.25) is 5.91 Å². The van der Waals surface area contributed by atoms with E-state index in [9.17, 15) is 14.7 Å². The Hall–Kier alpha value is -2.24. The van der Waals surface area contributed by atoms with Crippen LogP contribution in [0.4, 0.5) is 0 Å². The number of nitrogens with zero attached hydrogens (tertiary/aromatic N) is 1. The molecule has 2 amide bonds. The number of rotatable bonds is 3. The summed E-state index contributed by atoms with van der Waals surface area (Å²) in [5.41, 5.74) is 5.66. The molecule has 3 N–H and O–H groups in total. The second-order valence-electron chi connectivity index (χ2n) is 4.80. The Morgan fingerprint density at radius 2 is 2.15 bits per heavy atom. The minimum atomic E-state index is -0.569. The Kier molecular flexibility index (Phi) is 4.12. The van der Waals surface area contributed by atoms with E-state index in [1.54, 1.807) is 6.07 Å². The minimum absolute atomic E-state index is 0.106. The number of primary amides is 1. The molecule has 1 heterocycles. The molecule has 2 rings (SSSR count). The van der Waals surface area contributed by atoms with Crippen LogP contribution in [0.3, 0.4) is 0 Å². The third-order valence-corrected chi connectivity index (χ3v) is 3.52. The second-order valence-corrected chi connectivity index (χ2v) is 4.80. The van der Waals surface area contributed by atoms with Gasteiger partial charge in [-0.3, -0.25) is 9.59 Å². The first-order valence-corrected chi connectivity index (χ1v) is 6.52. The van der Waals surface area contributed by atoms with E-state index < -0.39 is 11.9 Å². The van der Waals surface area contributed by atoms with Crippen LogP contribution in [0.1, 0.15) is 29.6 Å². The van der Waals surface area contributed by atoms with Crippen LogP contribution >= 0.6 is 0 Å². The third kappa shape index (κ3) is 2.68. The number of phenolic OH excluding ortho intramolecular Hbond substituents is 1. The molecule has 1 unspecified atom stereocenters. The van der Waals surface area contributed by atoms with Crippen molar-refractivity contribution in [1.82, 2.24) is 4.90 Å². The molecule has 20 heavy (non-hydrogen) atoms. The topological polar surface area (TPSA) is 92.9 Å². The van der Waals surface area contributed by atoms with Crippen LogP contribution in [0.2, 0.25) is 0 Å². The number of hydrogen-bond acceptors (Lipinski definition) is 4. The van der Waals surface area contributed by atoms with Crippen molar-refractivity contribution < 1.29 is 19.4 Å². The number of phenols is 1. The third-order valence-electron chi connectivity index (χ3n) is 3.52. The summed E-state index contributed by atoms with van der Waals surface area (Å²) < 4.78 is 4.94. The SMILES string of the molecule is COc1ccc(C(=O)N2CCCCC2C(N)=O)cc1O. The van der Waals surface area contributed by atoms with Gasteiger partial charge in [0, 0.05) is 12.1 Å². The molecule has 1 aliphatic rings. The molecular weight excluding hydrogens is 260 g/mol. The predicted octanol–water partition coefficient (Wildman–Crippen LogP) is 0.881. The first-order chi connectivity index (χ1) is 9.54. The average Bonchev–Trinajstić information content (AvgIpc) is 2.46. The van der Waals surface area contributed by atoms with Gasteiger partial charge in [-0.15, -0.1) is 0 Å². The number of nitrogens with two attached hydrogens (primary N) is 1. The van der Waals surface area contributed by atoms with Gasteiger partial charge in [-0.25, -0.2) is 0 Å². The zero-order chi connectivity index (χ0) is 14.7. The van der Waals surface area contributed by atoms with Crippen molar-refractivity contribution in [3.8, 4) is 11.5 Å². The van der Waals surface area contributed by atoms with Crippen molar-refractivity contribution in [2.75, 3.05) is 13.7 Å². The maximum atomic E-state index is 12.4. The monoisotopic (exact) mass is 278 g/mol. The van der Waals surface area contributed by atoms with E-state index in [0.29, 0.717) is 24.3 Å². The maximum Gasteiger partial charge on any atom is 0.254 e. The molecule has 1 saturated heterocycles. The molecular formula is C14H18N2O4. The lowest BCUT2D eigenvalue weighted by atomic mass is 10.00. The van der Waals surface area contributed by atoms with E-state index in [0.717, 1.165) is 12.8 Å². The van der Waals surface area contributed by atoms with E-state index in [4.69, 9.17) is 10.5 Å². The van der Waals surface area contributed by atoms with Crippen molar-refractivity contribution in [1.29, 1.82) is 0 Å². The number of carbonyl (C=O) groups is 2. The fraction of sp³-hybridized carbons (Fsp3) is 0.429. The summed E-state index contributed by atoms with van der Waals surface area (Å²) >= 11 is 0. The molecule has 0 saturated carbocycles. The van der Waals surface area contributed by atoms with Crippen LogP contribution in [0.15, 0.2) is 18.2 Å². The Balaban J connectivity index is 2.25. The fourth-order valence-corrected chi connectivity index (χ4v) is 2.46. The zero-order valence-corrected chi connectivity index (χ0v) is 11.3. The highest BCUT2D eigenvalue weighted by molar-refractivity contribution is 5.98. The summed E-state index contributed by atoms with van der Waals surface area (Å²) in [4.78, 5) is 25.3. The van der Waals surface area contributed by atoms with Crippen molar-refractivity contribution >= 4 is 11.8 Å². The number of piperidine rings is 1. The van der Waals surface area contributed by atoms with E-state index in [1.807, 2.05) is 0 Å². The number of benzene rings is 1. The van der Waals surface area contributed by atoms with Crippen LogP contribution in [-0.2, 0) is 4.79 Å². The van der Waals surface area contributed by atoms with Gasteiger partial charge in [0.1, 0.15) is 6.04 Å². The largest absolute Gasteiger partial charge is 0.504 e. The molecule has 1 atom stereocenters. The molecule has 0 aromatic heterocycles. The first-order valence-electron chi connectivity index (χ1n) is 6.52. The lowest BCUT2D eigenvalue weighted by molar-refractivity contribution is -0.123. The average molecular weight is 278 g/mol. The normalized spacial score (nSPS) is 18.6. The van der Waals surface area contributed by atoms with E-state index in [2.05, 4.69) is 0 Å². The summed E-state index contributed by atoms with van der Waals surface area (Å²) in [5, 5.41) is 9.73. The summed E-state index contributed by atoms with van der Waals surface area (Å²) in [6.45, 7) is 0.499. The molecule has 1 fully saturated rings. The molecule has 0 radical (unpaired) electrons. The molecule has 108 valence electrons. The molecule has 1 aromatic carbocycles. The van der Waals surface area contributed by atoms with Gasteiger partial charge in [0.25, 0.3) is 5.91 Å². The van der Waals surface area contributed by atoms with Gasteiger partial charge in [-0.2, -0.15) is 0 Å². The Morgan fingerprint density at radius 3 is 2.75 bits per heavy atom. The summed E-state index contributed by atoms with van der Waals surface area (Å²) in [5.74, 6) is -0.597. The quantitative estimate of drug-likeness (QED) is 0.858. The van der Waals surface area contributed by atoms with Crippen molar-refractivity contribution in [3.05, 3.63) is 23.8 Å². The van der Waals surface area contributed by atoms with Gasteiger partial charge in [0.05, 0.1) is 7.11 Å². The van der Waals surface area contributed by atoms with Gasteiger partial charge in [-0.1, -0.05) is 0 Å². The Bertz CT molecular complexity index is 530. The molecule has 1 aromatic rings. The lowest BCUT2D eigenvalue weighted by Gasteiger charge is -2.33. The van der Waals surface area contributed by atoms with Crippen molar-refractivity contribution in [3.63, 3.8) is 0 Å². The summed E-state index contributed by atoms with van der Waals surface area (Å²) in [6, 6.07) is 3.85. The predicted molar refractivity (Wildman–Crippen MR) is 72.5 cm³/mol. The number of carbonyl (C=O) groups excluding carboxylic acids is 2. The smallest absolute Gasteiger partial charge is 0.254 e. The molecule has 6 heteroatoms. The molecule has 0 aliphatic carbocycles. The molecule has 0 bridgehead atoms. The van der Waals surface area contributed by atoms with Crippen LogP contribution in [0.25, 0.3) is 0 Å². The minimum Gasteiger partial charge on any atom is -0.504 e. The lowest BCUT2D eigenvalue weighted by Crippen LogP contribution is -2.50. The molecule has 0 spiro atoms. The van der Waals surface area contributed by atoms with Crippen molar-refractivity contribution in [2.45, 2.75) is 25.3 Å². The number of ether oxygens (including phenoxy) is 1. The van der Waals surface area contributed by atoms with E-state index >= 15 is 0 Å². The highest BCUT2D eigenvalue weighted by atomic mass is 16.5. The van der Waals surface area contributed by atoms with Crippen LogP contribution < -0.4 is 10.5 Å². The number of methoxy groups -OCH3 is 1. The van der Waals surface area contributed by atoms with E-state index in [-0.39, 0.29) is 11.7 Å². The van der Waals surface area contributed by atoms with Crippen LogP contribution in [0.5, 0.6) is 11.5 Å². The van der Waals surface area contributed by atoms with Crippen molar-refractivity contribution in [2.24, 2.45) is 5.73 Å². The standard InChI is InChI=1S/C14H18N2O4/c1-20-12-6-5-9(8-11(12)17)14(19)16-7-3-2-4-10(16)13(15)18/h5-6,8,10,17H,2-4,7H2,1H3,(H2,15,18). The summed E-state index contributed by atoms with van der Waals surface area (Å²) in [7, 11) is 1.43.